The van der Waals surface area contributed by atoms with Crippen molar-refractivity contribution < 1.29 is 0 Å². The van der Waals surface area contributed by atoms with Gasteiger partial charge >= 0.3 is 0 Å². The second-order valence-electron chi connectivity index (χ2n) is 5.03. The van der Waals surface area contributed by atoms with Gasteiger partial charge in [-0.1, -0.05) is 41.5 Å². The average Bonchev–Trinajstić information content (AvgIpc) is 2.03. The van der Waals surface area contributed by atoms with E-state index in [4.69, 9.17) is 5.73 Å². The van der Waals surface area contributed by atoms with Gasteiger partial charge in [-0.25, -0.2) is 0 Å². The van der Waals surface area contributed by atoms with E-state index in [1.54, 1.807) is 0 Å². The first-order valence-corrected chi connectivity index (χ1v) is 5.87. The Morgan fingerprint density at radius 2 is 1.57 bits per heavy atom. The predicted molar refractivity (Wildman–Crippen MR) is 65.0 cm³/mol. The Bertz CT molecular complexity index is 189. The van der Waals surface area contributed by atoms with Gasteiger partial charge in [0.15, 0.2) is 0 Å². The number of allylic oxidation sites excluding steroid dienone is 2. The van der Waals surface area contributed by atoms with Crippen molar-refractivity contribution in [1.82, 2.24) is 0 Å². The lowest BCUT2D eigenvalue weighted by molar-refractivity contribution is 0.460. The van der Waals surface area contributed by atoms with Crippen molar-refractivity contribution in [2.75, 3.05) is 0 Å². The summed E-state index contributed by atoms with van der Waals surface area (Å²) in [7, 11) is 0. The fourth-order valence-electron chi connectivity index (χ4n) is 1.81. The van der Waals surface area contributed by atoms with Gasteiger partial charge in [-0.05, 0) is 36.2 Å². The Morgan fingerprint density at radius 1 is 1.07 bits per heavy atom. The summed E-state index contributed by atoms with van der Waals surface area (Å²) in [4.78, 5) is 0. The number of nitrogens with two attached hydrogens (primary N) is 1. The van der Waals surface area contributed by atoms with E-state index < -0.39 is 0 Å². The van der Waals surface area contributed by atoms with Crippen LogP contribution in [-0.4, -0.2) is 0 Å². The molecule has 0 fully saturated rings. The van der Waals surface area contributed by atoms with Crippen molar-refractivity contribution in [3.8, 4) is 0 Å². The first kappa shape index (κ1) is 13.5. The lowest BCUT2D eigenvalue weighted by Gasteiger charge is -2.22. The van der Waals surface area contributed by atoms with Crippen LogP contribution in [0.15, 0.2) is 11.3 Å². The molecule has 0 bridgehead atoms. The molecule has 0 saturated heterocycles. The Labute approximate surface area is 89.8 Å². The third kappa shape index (κ3) is 4.17. The van der Waals surface area contributed by atoms with Crippen LogP contribution in [-0.2, 0) is 0 Å². The standard InChI is InChI=1S/C13H27N/c1-7-12(11(6)10(4)5)13(14)8-9(2)3/h9-11H,7-8,14H2,1-6H3/b13-12+. The Kier molecular flexibility index (Phi) is 5.90. The zero-order valence-corrected chi connectivity index (χ0v) is 10.7. The van der Waals surface area contributed by atoms with Gasteiger partial charge in [-0.2, -0.15) is 0 Å². The van der Waals surface area contributed by atoms with Crippen molar-refractivity contribution in [1.29, 1.82) is 0 Å². The molecule has 0 heterocycles. The molecule has 0 saturated carbocycles. The highest BCUT2D eigenvalue weighted by atomic mass is 14.6. The van der Waals surface area contributed by atoms with Crippen molar-refractivity contribution >= 4 is 0 Å². The van der Waals surface area contributed by atoms with Crippen molar-refractivity contribution in [3.63, 3.8) is 0 Å². The van der Waals surface area contributed by atoms with E-state index in [1.165, 1.54) is 5.57 Å². The summed E-state index contributed by atoms with van der Waals surface area (Å²) in [5, 5.41) is 0. The summed E-state index contributed by atoms with van der Waals surface area (Å²) in [6.45, 7) is 13.5. The number of rotatable bonds is 5. The zero-order chi connectivity index (χ0) is 11.3. The molecule has 1 heteroatoms. The minimum atomic E-state index is 0.624. The largest absolute Gasteiger partial charge is 0.402 e. The highest BCUT2D eigenvalue weighted by Crippen LogP contribution is 2.26. The quantitative estimate of drug-likeness (QED) is 0.709. The van der Waals surface area contributed by atoms with Crippen LogP contribution in [0.5, 0.6) is 0 Å². The molecular weight excluding hydrogens is 170 g/mol. The van der Waals surface area contributed by atoms with Crippen LogP contribution >= 0.6 is 0 Å². The van der Waals surface area contributed by atoms with Crippen LogP contribution in [0.1, 0.15) is 54.4 Å². The van der Waals surface area contributed by atoms with E-state index in [0.29, 0.717) is 17.8 Å². The molecule has 1 unspecified atom stereocenters. The van der Waals surface area contributed by atoms with E-state index in [9.17, 15) is 0 Å². The van der Waals surface area contributed by atoms with E-state index in [1.807, 2.05) is 0 Å². The van der Waals surface area contributed by atoms with Crippen molar-refractivity contribution in [2.45, 2.75) is 54.4 Å². The van der Waals surface area contributed by atoms with E-state index in [2.05, 4.69) is 41.5 Å². The second kappa shape index (κ2) is 6.10. The molecule has 0 aromatic carbocycles. The Morgan fingerprint density at radius 3 is 1.86 bits per heavy atom. The summed E-state index contributed by atoms with van der Waals surface area (Å²) in [6, 6.07) is 0. The molecule has 1 atom stereocenters. The first-order valence-electron chi connectivity index (χ1n) is 5.87. The van der Waals surface area contributed by atoms with Crippen LogP contribution in [0.25, 0.3) is 0 Å². The van der Waals surface area contributed by atoms with Crippen LogP contribution < -0.4 is 5.73 Å². The van der Waals surface area contributed by atoms with E-state index >= 15 is 0 Å². The summed E-state index contributed by atoms with van der Waals surface area (Å²) in [6.07, 6.45) is 2.14. The number of hydrogen-bond donors (Lipinski definition) is 1. The monoisotopic (exact) mass is 197 g/mol. The fourth-order valence-corrected chi connectivity index (χ4v) is 1.81. The minimum absolute atomic E-state index is 0.624. The normalized spacial score (nSPS) is 16.0. The molecule has 0 aliphatic rings. The fraction of sp³-hybridized carbons (Fsp3) is 0.846. The average molecular weight is 197 g/mol. The third-order valence-corrected chi connectivity index (χ3v) is 2.97. The molecule has 1 nitrogen and oxygen atoms in total. The maximum absolute atomic E-state index is 6.15. The van der Waals surface area contributed by atoms with Crippen LogP contribution in [0.2, 0.25) is 0 Å². The van der Waals surface area contributed by atoms with Crippen LogP contribution in [0.3, 0.4) is 0 Å². The molecule has 2 N–H and O–H groups in total. The molecule has 0 rings (SSSR count). The third-order valence-electron chi connectivity index (χ3n) is 2.97. The lowest BCUT2D eigenvalue weighted by atomic mass is 9.86. The molecular formula is C13H27N. The van der Waals surface area contributed by atoms with Gasteiger partial charge in [0, 0.05) is 5.70 Å². The molecule has 84 valence electrons. The highest BCUT2D eigenvalue weighted by Gasteiger charge is 2.14. The van der Waals surface area contributed by atoms with Crippen molar-refractivity contribution in [2.24, 2.45) is 23.5 Å². The van der Waals surface area contributed by atoms with Gasteiger partial charge in [-0.3, -0.25) is 0 Å². The molecule has 0 spiro atoms. The van der Waals surface area contributed by atoms with Gasteiger partial charge in [-0.15, -0.1) is 0 Å². The summed E-state index contributed by atoms with van der Waals surface area (Å²) in [5.74, 6) is 1.98. The molecule has 0 aliphatic carbocycles. The Hall–Kier alpha value is -0.460. The second-order valence-corrected chi connectivity index (χ2v) is 5.03. The SMILES string of the molecule is CC/C(=C(\N)CC(C)C)C(C)C(C)C. The maximum Gasteiger partial charge on any atom is 0.00776 e. The molecule has 0 amide bonds. The van der Waals surface area contributed by atoms with E-state index in [0.717, 1.165) is 18.5 Å². The summed E-state index contributed by atoms with van der Waals surface area (Å²) < 4.78 is 0. The summed E-state index contributed by atoms with van der Waals surface area (Å²) >= 11 is 0. The number of hydrogen-bond acceptors (Lipinski definition) is 1. The minimum Gasteiger partial charge on any atom is -0.402 e. The predicted octanol–water partition coefficient (Wildman–Crippen LogP) is 3.95. The lowest BCUT2D eigenvalue weighted by Crippen LogP contribution is -2.14. The molecule has 0 aromatic heterocycles. The highest BCUT2D eigenvalue weighted by molar-refractivity contribution is 5.14. The molecule has 0 radical (unpaired) electrons. The summed E-state index contributed by atoms with van der Waals surface area (Å²) in [5.41, 5.74) is 8.74. The zero-order valence-electron chi connectivity index (χ0n) is 10.7. The molecule has 14 heavy (non-hydrogen) atoms. The van der Waals surface area contributed by atoms with Gasteiger partial charge in [0.25, 0.3) is 0 Å². The van der Waals surface area contributed by atoms with Gasteiger partial charge < -0.3 is 5.73 Å². The van der Waals surface area contributed by atoms with E-state index in [-0.39, 0.29) is 0 Å². The topological polar surface area (TPSA) is 26.0 Å². The Balaban J connectivity index is 4.65. The van der Waals surface area contributed by atoms with Crippen LogP contribution in [0.4, 0.5) is 0 Å². The van der Waals surface area contributed by atoms with Crippen LogP contribution in [0, 0.1) is 17.8 Å². The van der Waals surface area contributed by atoms with Gasteiger partial charge in [0.05, 0.1) is 0 Å². The van der Waals surface area contributed by atoms with Gasteiger partial charge in [0.1, 0.15) is 0 Å². The smallest absolute Gasteiger partial charge is 0.00776 e. The first-order chi connectivity index (χ1) is 6.40. The molecule has 0 aromatic rings. The molecule has 0 aliphatic heterocycles. The van der Waals surface area contributed by atoms with Crippen molar-refractivity contribution in [3.05, 3.63) is 11.3 Å². The van der Waals surface area contributed by atoms with Gasteiger partial charge in [0.2, 0.25) is 0 Å². The maximum atomic E-state index is 6.15.